The van der Waals surface area contributed by atoms with Crippen LogP contribution in [-0.2, 0) is 11.8 Å². The molecule has 0 spiro atoms. The molecule has 6 heteroatoms. The van der Waals surface area contributed by atoms with Crippen molar-refractivity contribution in [2.45, 2.75) is 17.3 Å². The fourth-order valence-electron chi connectivity index (χ4n) is 1.88. The molecule has 5 nitrogen and oxygen atoms in total. The van der Waals surface area contributed by atoms with E-state index in [9.17, 15) is 9.59 Å². The summed E-state index contributed by atoms with van der Waals surface area (Å²) < 4.78 is 1.49. The molecule has 2 aromatic rings. The van der Waals surface area contributed by atoms with Crippen LogP contribution in [0.2, 0.25) is 0 Å². The highest BCUT2D eigenvalue weighted by molar-refractivity contribution is 8.00. The summed E-state index contributed by atoms with van der Waals surface area (Å²) in [5, 5.41) is 0.853. The third kappa shape index (κ3) is 2.70. The number of thioether (sulfide) groups is 1. The summed E-state index contributed by atoms with van der Waals surface area (Å²) >= 11 is 1.30. The highest BCUT2D eigenvalue weighted by Crippen LogP contribution is 2.22. The molecule has 0 radical (unpaired) electrons. The van der Waals surface area contributed by atoms with Crippen LogP contribution in [0.4, 0.5) is 0 Å². The van der Waals surface area contributed by atoms with Crippen LogP contribution in [0.1, 0.15) is 6.92 Å². The maximum atomic E-state index is 12.2. The Morgan fingerprint density at radius 1 is 1.35 bits per heavy atom. The van der Waals surface area contributed by atoms with E-state index in [2.05, 4.69) is 4.98 Å². The third-order valence-electron chi connectivity index (χ3n) is 3.01. The van der Waals surface area contributed by atoms with Gasteiger partial charge in [-0.25, -0.2) is 4.98 Å². The number of fused-ring (bicyclic) bond motifs is 1. The topological polar surface area (TPSA) is 55.2 Å². The quantitative estimate of drug-likeness (QED) is 0.635. The second-order valence-corrected chi connectivity index (χ2v) is 6.08. The maximum absolute atomic E-state index is 12.2. The maximum Gasteiger partial charge on any atom is 0.261 e. The van der Waals surface area contributed by atoms with Crippen molar-refractivity contribution in [1.82, 2.24) is 14.5 Å². The van der Waals surface area contributed by atoms with Crippen molar-refractivity contribution in [3.05, 3.63) is 34.6 Å². The predicted molar refractivity (Wildman–Crippen MR) is 81.0 cm³/mol. The minimum Gasteiger partial charge on any atom is -0.348 e. The molecule has 0 aliphatic rings. The van der Waals surface area contributed by atoms with E-state index < -0.39 is 0 Å². The van der Waals surface area contributed by atoms with E-state index >= 15 is 0 Å². The Balaban J connectivity index is 2.43. The number of amides is 1. The summed E-state index contributed by atoms with van der Waals surface area (Å²) in [4.78, 5) is 30.2. The molecule has 0 saturated carbocycles. The normalized spacial score (nSPS) is 12.4. The molecule has 0 bridgehead atoms. The van der Waals surface area contributed by atoms with Gasteiger partial charge in [0.05, 0.1) is 16.2 Å². The van der Waals surface area contributed by atoms with Gasteiger partial charge < -0.3 is 4.90 Å². The molecule has 0 aliphatic heterocycles. The van der Waals surface area contributed by atoms with Gasteiger partial charge in [0, 0.05) is 21.1 Å². The molecule has 1 heterocycles. The summed E-state index contributed by atoms with van der Waals surface area (Å²) in [7, 11) is 5.11. The molecule has 1 amide bonds. The standard InChI is InChI=1S/C14H17N3O2S/c1-9(12(18)16(2)3)20-14-15-11-8-6-5-7-10(11)13(19)17(14)4/h5-9H,1-4H3/t9-/m1/s1. The molecule has 0 aliphatic carbocycles. The Bertz CT molecular complexity index is 709. The summed E-state index contributed by atoms with van der Waals surface area (Å²) in [6.07, 6.45) is 0. The van der Waals surface area contributed by atoms with Gasteiger partial charge in [-0.15, -0.1) is 0 Å². The molecule has 1 aromatic heterocycles. The fourth-order valence-corrected chi connectivity index (χ4v) is 2.90. The lowest BCUT2D eigenvalue weighted by molar-refractivity contribution is -0.127. The summed E-state index contributed by atoms with van der Waals surface area (Å²) in [6.45, 7) is 1.81. The van der Waals surface area contributed by atoms with Gasteiger partial charge in [0.15, 0.2) is 5.16 Å². The number of carbonyl (C=O) groups is 1. The van der Waals surface area contributed by atoms with E-state index in [0.717, 1.165) is 0 Å². The van der Waals surface area contributed by atoms with Crippen molar-refractivity contribution >= 4 is 28.6 Å². The average molecular weight is 291 g/mol. The number of hydrogen-bond donors (Lipinski definition) is 0. The smallest absolute Gasteiger partial charge is 0.261 e. The van der Waals surface area contributed by atoms with Crippen molar-refractivity contribution < 1.29 is 4.79 Å². The van der Waals surface area contributed by atoms with Gasteiger partial charge in [0.2, 0.25) is 5.91 Å². The molecule has 106 valence electrons. The van der Waals surface area contributed by atoms with Crippen LogP contribution in [-0.4, -0.2) is 39.7 Å². The van der Waals surface area contributed by atoms with Crippen LogP contribution in [0.15, 0.2) is 34.2 Å². The molecule has 0 N–H and O–H groups in total. The molecular formula is C14H17N3O2S. The van der Waals surface area contributed by atoms with Crippen LogP contribution >= 0.6 is 11.8 Å². The Morgan fingerprint density at radius 3 is 2.65 bits per heavy atom. The number of benzene rings is 1. The van der Waals surface area contributed by atoms with Gasteiger partial charge in [0.25, 0.3) is 5.56 Å². The van der Waals surface area contributed by atoms with Crippen molar-refractivity contribution in [1.29, 1.82) is 0 Å². The first-order valence-corrected chi connectivity index (χ1v) is 7.13. The third-order valence-corrected chi connectivity index (χ3v) is 4.14. The van der Waals surface area contributed by atoms with E-state index in [1.807, 2.05) is 19.1 Å². The number of rotatable bonds is 3. The summed E-state index contributed by atoms with van der Waals surface area (Å²) in [6, 6.07) is 7.22. The lowest BCUT2D eigenvalue weighted by Gasteiger charge is -2.17. The van der Waals surface area contributed by atoms with Crippen molar-refractivity contribution in [3.8, 4) is 0 Å². The van der Waals surface area contributed by atoms with Gasteiger partial charge in [-0.1, -0.05) is 23.9 Å². The lowest BCUT2D eigenvalue weighted by Crippen LogP contribution is -2.30. The van der Waals surface area contributed by atoms with Crippen LogP contribution in [0.5, 0.6) is 0 Å². The Labute approximate surface area is 121 Å². The summed E-state index contributed by atoms with van der Waals surface area (Å²) in [5.74, 6) is -0.00240. The second kappa shape index (κ2) is 5.66. The molecule has 0 unspecified atom stereocenters. The van der Waals surface area contributed by atoms with Crippen LogP contribution in [0, 0.1) is 0 Å². The van der Waals surface area contributed by atoms with Gasteiger partial charge in [-0.05, 0) is 19.1 Å². The van der Waals surface area contributed by atoms with Crippen LogP contribution in [0.25, 0.3) is 10.9 Å². The first-order valence-electron chi connectivity index (χ1n) is 6.25. The predicted octanol–water partition coefficient (Wildman–Crippen LogP) is 1.50. The SMILES string of the molecule is C[C@@H](Sc1nc2ccccc2c(=O)n1C)C(=O)N(C)C. The van der Waals surface area contributed by atoms with Gasteiger partial charge in [0.1, 0.15) is 0 Å². The van der Waals surface area contributed by atoms with Crippen molar-refractivity contribution in [2.75, 3.05) is 14.1 Å². The first kappa shape index (κ1) is 14.6. The Hall–Kier alpha value is -1.82. The summed E-state index contributed by atoms with van der Waals surface area (Å²) in [5.41, 5.74) is 0.560. The van der Waals surface area contributed by atoms with Crippen molar-refractivity contribution in [2.24, 2.45) is 7.05 Å². The first-order chi connectivity index (χ1) is 9.41. The number of aromatic nitrogens is 2. The zero-order chi connectivity index (χ0) is 14.9. The molecule has 0 saturated heterocycles. The second-order valence-electron chi connectivity index (χ2n) is 4.77. The van der Waals surface area contributed by atoms with Gasteiger partial charge >= 0.3 is 0 Å². The number of nitrogens with zero attached hydrogens (tertiary/aromatic N) is 3. The average Bonchev–Trinajstić information content (AvgIpc) is 2.43. The monoisotopic (exact) mass is 291 g/mol. The molecule has 20 heavy (non-hydrogen) atoms. The van der Waals surface area contributed by atoms with E-state index in [4.69, 9.17) is 0 Å². The van der Waals surface area contributed by atoms with E-state index in [1.165, 1.54) is 21.2 Å². The van der Waals surface area contributed by atoms with Crippen LogP contribution < -0.4 is 5.56 Å². The van der Waals surface area contributed by atoms with E-state index in [0.29, 0.717) is 16.1 Å². The minimum atomic E-state index is -0.288. The van der Waals surface area contributed by atoms with E-state index in [1.54, 1.807) is 33.3 Å². The van der Waals surface area contributed by atoms with Gasteiger partial charge in [-0.2, -0.15) is 0 Å². The molecule has 2 rings (SSSR count). The number of carbonyl (C=O) groups excluding carboxylic acids is 1. The highest BCUT2D eigenvalue weighted by atomic mass is 32.2. The number of hydrogen-bond acceptors (Lipinski definition) is 4. The Kier molecular flexibility index (Phi) is 4.13. The number of para-hydroxylation sites is 1. The Morgan fingerprint density at radius 2 is 2.00 bits per heavy atom. The van der Waals surface area contributed by atoms with Crippen molar-refractivity contribution in [3.63, 3.8) is 0 Å². The molecule has 1 aromatic carbocycles. The molecule has 0 fully saturated rings. The molecule has 1 atom stereocenters. The fraction of sp³-hybridized carbons (Fsp3) is 0.357. The molecular weight excluding hydrogens is 274 g/mol. The van der Waals surface area contributed by atoms with Gasteiger partial charge in [-0.3, -0.25) is 14.2 Å². The van der Waals surface area contributed by atoms with Crippen LogP contribution in [0.3, 0.4) is 0 Å². The zero-order valence-corrected chi connectivity index (χ0v) is 12.8. The largest absolute Gasteiger partial charge is 0.348 e. The lowest BCUT2D eigenvalue weighted by atomic mass is 10.2. The zero-order valence-electron chi connectivity index (χ0n) is 12.0. The highest BCUT2D eigenvalue weighted by Gasteiger charge is 2.19. The minimum absolute atomic E-state index is 0.00240. The van der Waals surface area contributed by atoms with E-state index in [-0.39, 0.29) is 16.7 Å².